The number of nitriles is 3. The topological polar surface area (TPSA) is 77.8 Å². The van der Waals surface area contributed by atoms with Gasteiger partial charge in [-0.15, -0.1) is 0 Å². The molecule has 4 aromatic carbocycles. The smallest absolute Gasteiger partial charge is 0.0998 e. The molecule has 0 spiro atoms. The Labute approximate surface area is 300 Å². The van der Waals surface area contributed by atoms with Crippen LogP contribution in [0.25, 0.3) is 16.7 Å². The van der Waals surface area contributed by atoms with Gasteiger partial charge in [0.25, 0.3) is 0 Å². The number of fused-ring (bicyclic) bond motifs is 6. The lowest BCUT2D eigenvalue weighted by atomic mass is 9.66. The van der Waals surface area contributed by atoms with E-state index in [1.165, 1.54) is 16.8 Å². The molecule has 0 bridgehead atoms. The summed E-state index contributed by atoms with van der Waals surface area (Å²) in [5.41, 5.74) is 10.7. The third-order valence-corrected chi connectivity index (χ3v) is 12.0. The summed E-state index contributed by atoms with van der Waals surface area (Å²) < 4.78 is 0. The highest BCUT2D eigenvalue weighted by molar-refractivity contribution is 5.91. The zero-order chi connectivity index (χ0) is 34.7. The molecular formula is C46H37N5. The summed E-state index contributed by atoms with van der Waals surface area (Å²) in [5.74, 6) is 0.344. The predicted molar refractivity (Wildman–Crippen MR) is 203 cm³/mol. The molecule has 0 radical (unpaired) electrons. The molecule has 5 aliphatic rings. The van der Waals surface area contributed by atoms with Crippen LogP contribution in [0.15, 0.2) is 127 Å². The molecule has 0 amide bonds. The lowest BCUT2D eigenvalue weighted by Gasteiger charge is -2.42. The van der Waals surface area contributed by atoms with Crippen LogP contribution in [0.2, 0.25) is 0 Å². The van der Waals surface area contributed by atoms with Gasteiger partial charge in [-0.2, -0.15) is 15.8 Å². The second-order valence-corrected chi connectivity index (χ2v) is 14.7. The van der Waals surface area contributed by atoms with Crippen LogP contribution in [0.4, 0.5) is 17.1 Å². The molecular weight excluding hydrogens is 623 g/mol. The highest BCUT2D eigenvalue weighted by Gasteiger charge is 2.52. The summed E-state index contributed by atoms with van der Waals surface area (Å²) in [6, 6.07) is 37.4. The third-order valence-electron chi connectivity index (χ3n) is 12.0. The zero-order valence-electron chi connectivity index (χ0n) is 28.6. The minimum Gasteiger partial charge on any atom is -0.357 e. The van der Waals surface area contributed by atoms with E-state index in [9.17, 15) is 15.8 Å². The summed E-state index contributed by atoms with van der Waals surface area (Å²) in [4.78, 5) is 4.99. The maximum absolute atomic E-state index is 10.5. The van der Waals surface area contributed by atoms with Crippen LogP contribution in [-0.4, -0.2) is 18.1 Å². The average molecular weight is 660 g/mol. The van der Waals surface area contributed by atoms with E-state index in [0.29, 0.717) is 17.0 Å². The molecule has 246 valence electrons. The van der Waals surface area contributed by atoms with Gasteiger partial charge >= 0.3 is 0 Å². The summed E-state index contributed by atoms with van der Waals surface area (Å²) in [7, 11) is 0. The Morgan fingerprint density at radius 1 is 0.784 bits per heavy atom. The fourth-order valence-corrected chi connectivity index (χ4v) is 9.80. The van der Waals surface area contributed by atoms with E-state index in [2.05, 4.69) is 138 Å². The standard InChI is InChI=1S/C46H37N5/c1-46-26-30(27-47)20-23-44(46)51(42-18-7-4-15-39(42)46)43-19-9-11-34(29-49)45(43)32-21-22-33(28-48)38(25-32)31-10-8-12-35(24-31)50-40-16-5-2-13-36(40)37-14-3-6-17-41(37)50/h2-11,13-19,21-22,24-25,30,35-36,40,44H,12,20,23,26H2,1H3. The van der Waals surface area contributed by atoms with Gasteiger partial charge in [0.2, 0.25) is 0 Å². The molecule has 5 heteroatoms. The van der Waals surface area contributed by atoms with Gasteiger partial charge in [-0.3, -0.25) is 0 Å². The Bertz CT molecular complexity index is 2340. The van der Waals surface area contributed by atoms with Crippen LogP contribution < -0.4 is 9.80 Å². The van der Waals surface area contributed by atoms with E-state index in [0.717, 1.165) is 59.3 Å². The van der Waals surface area contributed by atoms with Crippen LogP contribution in [0.3, 0.4) is 0 Å². The second kappa shape index (κ2) is 12.1. The molecule has 5 nitrogen and oxygen atoms in total. The van der Waals surface area contributed by atoms with Gasteiger partial charge < -0.3 is 9.80 Å². The lowest BCUT2D eigenvalue weighted by molar-refractivity contribution is 0.251. The molecule has 0 saturated heterocycles. The Hall–Kier alpha value is -6.09. The van der Waals surface area contributed by atoms with Crippen molar-refractivity contribution in [3.8, 4) is 29.3 Å². The lowest BCUT2D eigenvalue weighted by Crippen LogP contribution is -2.45. The van der Waals surface area contributed by atoms with Crippen molar-refractivity contribution in [3.05, 3.63) is 155 Å². The zero-order valence-corrected chi connectivity index (χ0v) is 28.6. The monoisotopic (exact) mass is 659 g/mol. The Balaban J connectivity index is 1.16. The molecule has 1 fully saturated rings. The first kappa shape index (κ1) is 30.9. The van der Waals surface area contributed by atoms with Crippen molar-refractivity contribution in [3.63, 3.8) is 0 Å². The van der Waals surface area contributed by atoms with Crippen LogP contribution in [0, 0.1) is 39.9 Å². The molecule has 0 N–H and O–H groups in total. The molecule has 2 aliphatic heterocycles. The fraction of sp³-hybridized carbons (Fsp3) is 0.239. The molecule has 6 unspecified atom stereocenters. The fourth-order valence-electron chi connectivity index (χ4n) is 9.80. The number of anilines is 3. The molecule has 4 aromatic rings. The number of benzene rings is 4. The van der Waals surface area contributed by atoms with Gasteiger partial charge in [-0.1, -0.05) is 98.0 Å². The third kappa shape index (κ3) is 4.71. The summed E-state index contributed by atoms with van der Waals surface area (Å²) >= 11 is 0. The van der Waals surface area contributed by atoms with E-state index < -0.39 is 0 Å². The SMILES string of the molecule is CC12CC(C#N)CCC1N(c1cccc(C#N)c1-c1ccc(C#N)c(C3=CC(N4c5ccccc5C5C=CC=CC54)CC=C3)c1)c1ccccc12. The van der Waals surface area contributed by atoms with E-state index in [1.807, 2.05) is 24.3 Å². The maximum atomic E-state index is 10.5. The number of allylic oxidation sites excluding steroid dienone is 4. The quantitative estimate of drug-likeness (QED) is 0.218. The van der Waals surface area contributed by atoms with E-state index in [4.69, 9.17) is 0 Å². The van der Waals surface area contributed by atoms with Gasteiger partial charge in [0, 0.05) is 40.2 Å². The summed E-state index contributed by atoms with van der Waals surface area (Å²) in [5, 5.41) is 30.9. The van der Waals surface area contributed by atoms with Crippen molar-refractivity contribution >= 4 is 22.6 Å². The summed E-state index contributed by atoms with van der Waals surface area (Å²) in [6.07, 6.45) is 19.1. The Morgan fingerprint density at radius 2 is 1.57 bits per heavy atom. The van der Waals surface area contributed by atoms with Crippen molar-refractivity contribution in [2.45, 2.75) is 62.1 Å². The van der Waals surface area contributed by atoms with Crippen LogP contribution >= 0.6 is 0 Å². The molecule has 0 aromatic heterocycles. The van der Waals surface area contributed by atoms with E-state index in [-0.39, 0.29) is 29.5 Å². The van der Waals surface area contributed by atoms with Crippen molar-refractivity contribution in [2.75, 3.05) is 9.80 Å². The van der Waals surface area contributed by atoms with Gasteiger partial charge in [0.05, 0.1) is 47.1 Å². The van der Waals surface area contributed by atoms with Crippen LogP contribution in [0.1, 0.15) is 66.3 Å². The van der Waals surface area contributed by atoms with Crippen LogP contribution in [-0.2, 0) is 5.41 Å². The number of hydrogen-bond donors (Lipinski definition) is 0. The predicted octanol–water partition coefficient (Wildman–Crippen LogP) is 10.0. The van der Waals surface area contributed by atoms with Crippen LogP contribution in [0.5, 0.6) is 0 Å². The minimum absolute atomic E-state index is 0.0245. The molecule has 9 rings (SSSR count). The van der Waals surface area contributed by atoms with Crippen molar-refractivity contribution in [1.82, 2.24) is 0 Å². The second-order valence-electron chi connectivity index (χ2n) is 14.7. The van der Waals surface area contributed by atoms with E-state index >= 15 is 0 Å². The van der Waals surface area contributed by atoms with Gasteiger partial charge in [-0.25, -0.2) is 0 Å². The Morgan fingerprint density at radius 3 is 2.41 bits per heavy atom. The largest absolute Gasteiger partial charge is 0.357 e. The van der Waals surface area contributed by atoms with Crippen molar-refractivity contribution in [1.29, 1.82) is 15.8 Å². The molecule has 1 saturated carbocycles. The highest BCUT2D eigenvalue weighted by Crippen LogP contribution is 2.57. The Kier molecular flexibility index (Phi) is 7.31. The van der Waals surface area contributed by atoms with Crippen molar-refractivity contribution in [2.24, 2.45) is 5.92 Å². The van der Waals surface area contributed by atoms with Gasteiger partial charge in [0.1, 0.15) is 0 Å². The number of nitrogens with zero attached hydrogens (tertiary/aromatic N) is 5. The molecule has 6 atom stereocenters. The highest BCUT2D eigenvalue weighted by atomic mass is 15.2. The number of rotatable bonds is 4. The average Bonchev–Trinajstić information content (AvgIpc) is 3.66. The number of para-hydroxylation sites is 2. The number of hydrogen-bond acceptors (Lipinski definition) is 5. The van der Waals surface area contributed by atoms with E-state index in [1.54, 1.807) is 0 Å². The molecule has 51 heavy (non-hydrogen) atoms. The molecule has 3 aliphatic carbocycles. The first-order valence-electron chi connectivity index (χ1n) is 18.0. The van der Waals surface area contributed by atoms with Gasteiger partial charge in [-0.05, 0) is 89.9 Å². The normalized spacial score (nSPS) is 26.6. The molecule has 2 heterocycles. The summed E-state index contributed by atoms with van der Waals surface area (Å²) in [6.45, 7) is 2.31. The first-order valence-corrected chi connectivity index (χ1v) is 18.0. The van der Waals surface area contributed by atoms with Gasteiger partial charge in [0.15, 0.2) is 0 Å². The van der Waals surface area contributed by atoms with Crippen molar-refractivity contribution < 1.29 is 0 Å². The first-order chi connectivity index (χ1) is 25.0. The maximum Gasteiger partial charge on any atom is 0.0998 e. The minimum atomic E-state index is -0.186.